The van der Waals surface area contributed by atoms with Gasteiger partial charge in [-0.25, -0.2) is 0 Å². The lowest BCUT2D eigenvalue weighted by molar-refractivity contribution is -0.136. The first kappa shape index (κ1) is 16.7. The predicted molar refractivity (Wildman–Crippen MR) is 86.4 cm³/mol. The van der Waals surface area contributed by atoms with E-state index in [2.05, 4.69) is 41.0 Å². The molecule has 2 rings (SSSR count). The number of hydrogen-bond acceptors (Lipinski definition) is 4. The maximum Gasteiger partial charge on any atom is 0.239 e. The minimum Gasteiger partial charge on any atom is -0.339 e. The molecule has 2 aliphatic rings. The molecule has 2 heterocycles. The number of rotatable bonds is 5. The van der Waals surface area contributed by atoms with Crippen LogP contribution >= 0.6 is 0 Å². The van der Waals surface area contributed by atoms with Gasteiger partial charge in [-0.3, -0.25) is 9.69 Å². The van der Waals surface area contributed by atoms with Crippen molar-refractivity contribution in [2.24, 2.45) is 5.92 Å². The van der Waals surface area contributed by atoms with Crippen molar-refractivity contribution in [1.82, 2.24) is 20.0 Å². The van der Waals surface area contributed by atoms with Gasteiger partial charge >= 0.3 is 0 Å². The smallest absolute Gasteiger partial charge is 0.239 e. The summed E-state index contributed by atoms with van der Waals surface area (Å²) in [6.45, 7) is 9.25. The van der Waals surface area contributed by atoms with E-state index in [1.807, 2.05) is 0 Å². The molecule has 2 unspecified atom stereocenters. The maximum absolute atomic E-state index is 12.6. The van der Waals surface area contributed by atoms with Crippen molar-refractivity contribution in [3.8, 4) is 0 Å². The molecule has 0 aliphatic carbocycles. The monoisotopic (exact) mass is 296 g/mol. The second kappa shape index (κ2) is 8.11. The molecule has 0 aromatic carbocycles. The summed E-state index contributed by atoms with van der Waals surface area (Å²) >= 11 is 0. The third-order valence-electron chi connectivity index (χ3n) is 4.94. The van der Waals surface area contributed by atoms with Crippen molar-refractivity contribution in [2.75, 3.05) is 59.9 Å². The average molecular weight is 296 g/mol. The molecule has 2 saturated heterocycles. The SMILES string of the molecule is CCC1CCNC(C(=O)N2CCN(CCN(C)C)CC2)C1. The number of amides is 1. The second-order valence-electron chi connectivity index (χ2n) is 6.78. The molecule has 0 radical (unpaired) electrons. The fourth-order valence-electron chi connectivity index (χ4n) is 3.31. The summed E-state index contributed by atoms with van der Waals surface area (Å²) in [5, 5.41) is 3.42. The summed E-state index contributed by atoms with van der Waals surface area (Å²) in [4.78, 5) is 19.4. The number of carbonyl (C=O) groups is 1. The molecule has 122 valence electrons. The van der Waals surface area contributed by atoms with Crippen LogP contribution in [-0.2, 0) is 4.79 Å². The number of piperazine rings is 1. The largest absolute Gasteiger partial charge is 0.339 e. The van der Waals surface area contributed by atoms with E-state index < -0.39 is 0 Å². The van der Waals surface area contributed by atoms with Crippen molar-refractivity contribution in [1.29, 1.82) is 0 Å². The van der Waals surface area contributed by atoms with Gasteiger partial charge in [-0.05, 0) is 39.4 Å². The first-order chi connectivity index (χ1) is 10.1. The van der Waals surface area contributed by atoms with Gasteiger partial charge in [-0.15, -0.1) is 0 Å². The molecule has 0 aromatic rings. The van der Waals surface area contributed by atoms with Crippen LogP contribution in [0.15, 0.2) is 0 Å². The number of likely N-dealkylation sites (N-methyl/N-ethyl adjacent to an activating group) is 1. The standard InChI is InChI=1S/C16H32N4O/c1-4-14-5-6-17-15(13-14)16(21)20-11-9-19(10-12-20)8-7-18(2)3/h14-15,17H,4-13H2,1-3H3. The summed E-state index contributed by atoms with van der Waals surface area (Å²) in [5.74, 6) is 1.06. The fraction of sp³-hybridized carbons (Fsp3) is 0.938. The number of carbonyl (C=O) groups excluding carboxylic acids is 1. The Morgan fingerprint density at radius 2 is 1.95 bits per heavy atom. The first-order valence-corrected chi connectivity index (χ1v) is 8.49. The van der Waals surface area contributed by atoms with Crippen molar-refractivity contribution in [3.05, 3.63) is 0 Å². The molecule has 1 amide bonds. The van der Waals surface area contributed by atoms with E-state index in [-0.39, 0.29) is 6.04 Å². The third-order valence-corrected chi connectivity index (χ3v) is 4.94. The molecule has 2 atom stereocenters. The lowest BCUT2D eigenvalue weighted by atomic mass is 9.90. The lowest BCUT2D eigenvalue weighted by Gasteiger charge is -2.38. The first-order valence-electron chi connectivity index (χ1n) is 8.49. The van der Waals surface area contributed by atoms with Gasteiger partial charge in [0.2, 0.25) is 5.91 Å². The Bertz CT molecular complexity index is 326. The van der Waals surface area contributed by atoms with Crippen molar-refractivity contribution < 1.29 is 4.79 Å². The average Bonchev–Trinajstić information content (AvgIpc) is 2.52. The van der Waals surface area contributed by atoms with E-state index in [0.29, 0.717) is 5.91 Å². The Kier molecular flexibility index (Phi) is 6.45. The minimum atomic E-state index is 0.0667. The molecule has 2 fully saturated rings. The molecule has 5 heteroatoms. The van der Waals surface area contributed by atoms with Crippen LogP contribution in [0.2, 0.25) is 0 Å². The highest BCUT2D eigenvalue weighted by Crippen LogP contribution is 2.20. The van der Waals surface area contributed by atoms with E-state index in [0.717, 1.165) is 58.2 Å². The van der Waals surface area contributed by atoms with Crippen LogP contribution in [0, 0.1) is 5.92 Å². The molecule has 0 bridgehead atoms. The number of nitrogens with one attached hydrogen (secondary N) is 1. The van der Waals surface area contributed by atoms with Gasteiger partial charge in [0.25, 0.3) is 0 Å². The normalized spacial score (nSPS) is 28.1. The molecule has 1 N–H and O–H groups in total. The van der Waals surface area contributed by atoms with Crippen LogP contribution < -0.4 is 5.32 Å². The molecular formula is C16H32N4O. The molecular weight excluding hydrogens is 264 g/mol. The van der Waals surface area contributed by atoms with E-state index in [1.54, 1.807) is 0 Å². The highest BCUT2D eigenvalue weighted by molar-refractivity contribution is 5.82. The Morgan fingerprint density at radius 1 is 1.24 bits per heavy atom. The molecule has 5 nitrogen and oxygen atoms in total. The summed E-state index contributed by atoms with van der Waals surface area (Å²) < 4.78 is 0. The highest BCUT2D eigenvalue weighted by Gasteiger charge is 2.30. The topological polar surface area (TPSA) is 38.8 Å². The van der Waals surface area contributed by atoms with Crippen LogP contribution in [0.3, 0.4) is 0 Å². The fourth-order valence-corrected chi connectivity index (χ4v) is 3.31. The molecule has 2 aliphatic heterocycles. The maximum atomic E-state index is 12.6. The Morgan fingerprint density at radius 3 is 2.57 bits per heavy atom. The minimum absolute atomic E-state index is 0.0667. The van der Waals surface area contributed by atoms with Gasteiger partial charge < -0.3 is 15.1 Å². The third kappa shape index (κ3) is 4.94. The Balaban J connectivity index is 1.75. The van der Waals surface area contributed by atoms with E-state index in [9.17, 15) is 4.79 Å². The van der Waals surface area contributed by atoms with Crippen LogP contribution in [0.1, 0.15) is 26.2 Å². The summed E-state index contributed by atoms with van der Waals surface area (Å²) in [6.07, 6.45) is 3.44. The predicted octanol–water partition coefficient (Wildman–Crippen LogP) is 0.470. The number of hydrogen-bond donors (Lipinski definition) is 1. The highest BCUT2D eigenvalue weighted by atomic mass is 16.2. The number of piperidine rings is 1. The van der Waals surface area contributed by atoms with E-state index in [4.69, 9.17) is 0 Å². The van der Waals surface area contributed by atoms with Crippen molar-refractivity contribution in [3.63, 3.8) is 0 Å². The van der Waals surface area contributed by atoms with Gasteiger partial charge in [0.1, 0.15) is 0 Å². The molecule has 0 aromatic heterocycles. The summed E-state index contributed by atoms with van der Waals surface area (Å²) in [7, 11) is 4.22. The zero-order valence-corrected chi connectivity index (χ0v) is 14.0. The Hall–Kier alpha value is -0.650. The molecule has 21 heavy (non-hydrogen) atoms. The van der Waals surface area contributed by atoms with Crippen molar-refractivity contribution in [2.45, 2.75) is 32.2 Å². The zero-order chi connectivity index (χ0) is 15.2. The van der Waals surface area contributed by atoms with Crippen molar-refractivity contribution >= 4 is 5.91 Å². The van der Waals surface area contributed by atoms with E-state index >= 15 is 0 Å². The summed E-state index contributed by atoms with van der Waals surface area (Å²) in [6, 6.07) is 0.0667. The van der Waals surface area contributed by atoms with E-state index in [1.165, 1.54) is 12.8 Å². The molecule has 0 spiro atoms. The second-order valence-corrected chi connectivity index (χ2v) is 6.78. The van der Waals surface area contributed by atoms with Gasteiger partial charge in [-0.1, -0.05) is 13.3 Å². The summed E-state index contributed by atoms with van der Waals surface area (Å²) in [5.41, 5.74) is 0. The van der Waals surface area contributed by atoms with Crippen LogP contribution in [-0.4, -0.2) is 86.6 Å². The van der Waals surface area contributed by atoms with Crippen LogP contribution in [0.25, 0.3) is 0 Å². The quantitative estimate of drug-likeness (QED) is 0.800. The van der Waals surface area contributed by atoms with Gasteiger partial charge in [0.15, 0.2) is 0 Å². The van der Waals surface area contributed by atoms with Gasteiger partial charge in [0, 0.05) is 39.3 Å². The van der Waals surface area contributed by atoms with Gasteiger partial charge in [0.05, 0.1) is 6.04 Å². The van der Waals surface area contributed by atoms with Crippen LogP contribution in [0.4, 0.5) is 0 Å². The zero-order valence-electron chi connectivity index (χ0n) is 14.0. The lowest BCUT2D eigenvalue weighted by Crippen LogP contribution is -2.56. The Labute approximate surface area is 129 Å². The van der Waals surface area contributed by atoms with Gasteiger partial charge in [-0.2, -0.15) is 0 Å². The van der Waals surface area contributed by atoms with Crippen LogP contribution in [0.5, 0.6) is 0 Å². The molecule has 0 saturated carbocycles. The number of nitrogens with zero attached hydrogens (tertiary/aromatic N) is 3.